The molecule has 0 atom stereocenters. The second-order valence-electron chi connectivity index (χ2n) is 4.59. The molecule has 0 aromatic heterocycles. The van der Waals surface area contributed by atoms with Crippen molar-refractivity contribution in [1.82, 2.24) is 0 Å². The van der Waals surface area contributed by atoms with E-state index < -0.39 is 12.5 Å². The summed E-state index contributed by atoms with van der Waals surface area (Å²) in [6.07, 6.45) is 0. The Labute approximate surface area is 147 Å². The standard InChI is InChI=1S/C15H11Cl4NO2/c1-7-2-4-8(5-3-7)20-15(22)10-9(6-21)11(16)13(18)14(19)12(10)17/h2-5,21H,6H2,1H3,(H,20,22). The number of aliphatic hydroxyl groups is 1. The fourth-order valence-electron chi connectivity index (χ4n) is 1.89. The van der Waals surface area contributed by atoms with Gasteiger partial charge in [-0.25, -0.2) is 0 Å². The fourth-order valence-corrected chi connectivity index (χ4v) is 2.93. The van der Waals surface area contributed by atoms with Crippen molar-refractivity contribution in [3.8, 4) is 0 Å². The maximum Gasteiger partial charge on any atom is 0.257 e. The normalized spacial score (nSPS) is 10.6. The van der Waals surface area contributed by atoms with Gasteiger partial charge in [-0.15, -0.1) is 0 Å². The minimum absolute atomic E-state index is 0.00383. The second-order valence-corrected chi connectivity index (χ2v) is 6.10. The number of aryl methyl sites for hydroxylation is 1. The highest BCUT2D eigenvalue weighted by molar-refractivity contribution is 6.53. The number of hydrogen-bond donors (Lipinski definition) is 2. The van der Waals surface area contributed by atoms with Gasteiger partial charge < -0.3 is 10.4 Å². The van der Waals surface area contributed by atoms with Crippen LogP contribution in [0.3, 0.4) is 0 Å². The lowest BCUT2D eigenvalue weighted by Gasteiger charge is -2.15. The van der Waals surface area contributed by atoms with E-state index in [4.69, 9.17) is 46.4 Å². The number of rotatable bonds is 3. The van der Waals surface area contributed by atoms with Crippen LogP contribution in [0.4, 0.5) is 5.69 Å². The van der Waals surface area contributed by atoms with Crippen molar-refractivity contribution in [2.24, 2.45) is 0 Å². The Bertz CT molecular complexity index is 730. The molecule has 0 saturated carbocycles. The number of carbonyl (C=O) groups excluding carboxylic acids is 1. The Balaban J connectivity index is 2.47. The van der Waals surface area contributed by atoms with Crippen LogP contribution in [-0.2, 0) is 6.61 Å². The molecule has 0 unspecified atom stereocenters. The van der Waals surface area contributed by atoms with Gasteiger partial charge in [0.15, 0.2) is 0 Å². The Morgan fingerprint density at radius 1 is 1.00 bits per heavy atom. The third-order valence-corrected chi connectivity index (χ3v) is 4.90. The van der Waals surface area contributed by atoms with E-state index in [2.05, 4.69) is 5.32 Å². The molecular weight excluding hydrogens is 368 g/mol. The molecule has 2 rings (SSSR count). The summed E-state index contributed by atoms with van der Waals surface area (Å²) in [7, 11) is 0. The molecule has 0 spiro atoms. The number of halogens is 4. The number of aliphatic hydroxyl groups excluding tert-OH is 1. The number of amides is 1. The first kappa shape index (κ1) is 17.4. The van der Waals surface area contributed by atoms with Gasteiger partial charge >= 0.3 is 0 Å². The van der Waals surface area contributed by atoms with Gasteiger partial charge in [-0.1, -0.05) is 64.1 Å². The summed E-state index contributed by atoms with van der Waals surface area (Å²) in [5, 5.41) is 12.1. The highest BCUT2D eigenvalue weighted by Gasteiger charge is 2.24. The van der Waals surface area contributed by atoms with Crippen molar-refractivity contribution in [2.45, 2.75) is 13.5 Å². The molecule has 7 heteroatoms. The number of hydrogen-bond acceptors (Lipinski definition) is 2. The first-order chi connectivity index (χ1) is 10.4. The Morgan fingerprint density at radius 3 is 2.09 bits per heavy atom. The maximum atomic E-state index is 12.4. The lowest BCUT2D eigenvalue weighted by molar-refractivity contribution is 0.102. The van der Waals surface area contributed by atoms with E-state index in [1.54, 1.807) is 12.1 Å². The monoisotopic (exact) mass is 377 g/mol. The van der Waals surface area contributed by atoms with E-state index >= 15 is 0 Å². The Hall–Kier alpha value is -0.970. The van der Waals surface area contributed by atoms with E-state index in [0.29, 0.717) is 5.69 Å². The zero-order valence-corrected chi connectivity index (χ0v) is 14.4. The van der Waals surface area contributed by atoms with E-state index in [-0.39, 0.29) is 31.2 Å². The van der Waals surface area contributed by atoms with Crippen LogP contribution in [0.15, 0.2) is 24.3 Å². The highest BCUT2D eigenvalue weighted by atomic mass is 35.5. The molecule has 2 aromatic carbocycles. The van der Waals surface area contributed by atoms with Crippen LogP contribution in [0.25, 0.3) is 0 Å². The van der Waals surface area contributed by atoms with Crippen molar-refractivity contribution >= 4 is 58.0 Å². The van der Waals surface area contributed by atoms with E-state index in [1.165, 1.54) is 0 Å². The summed E-state index contributed by atoms with van der Waals surface area (Å²) in [5.74, 6) is -0.529. The molecule has 0 fully saturated rings. The Kier molecular flexibility index (Phi) is 5.59. The van der Waals surface area contributed by atoms with Gasteiger partial charge in [-0.2, -0.15) is 0 Å². The van der Waals surface area contributed by atoms with Gasteiger partial charge in [-0.05, 0) is 19.1 Å². The smallest absolute Gasteiger partial charge is 0.257 e. The van der Waals surface area contributed by atoms with Crippen LogP contribution in [0, 0.1) is 6.92 Å². The number of carbonyl (C=O) groups is 1. The number of anilines is 1. The van der Waals surface area contributed by atoms with Crippen LogP contribution >= 0.6 is 46.4 Å². The highest BCUT2D eigenvalue weighted by Crippen LogP contribution is 2.41. The molecule has 1 amide bonds. The number of nitrogens with one attached hydrogen (secondary N) is 1. The largest absolute Gasteiger partial charge is 0.392 e. The topological polar surface area (TPSA) is 49.3 Å². The van der Waals surface area contributed by atoms with Crippen molar-refractivity contribution in [3.63, 3.8) is 0 Å². The number of benzene rings is 2. The van der Waals surface area contributed by atoms with Crippen LogP contribution < -0.4 is 5.32 Å². The lowest BCUT2D eigenvalue weighted by Crippen LogP contribution is -2.16. The summed E-state index contributed by atoms with van der Waals surface area (Å²) < 4.78 is 0. The van der Waals surface area contributed by atoms with Crippen molar-refractivity contribution in [2.75, 3.05) is 5.32 Å². The van der Waals surface area contributed by atoms with E-state index in [1.807, 2.05) is 19.1 Å². The SMILES string of the molecule is Cc1ccc(NC(=O)c2c(Cl)c(Cl)c(Cl)c(Cl)c2CO)cc1. The molecule has 22 heavy (non-hydrogen) atoms. The molecule has 0 heterocycles. The summed E-state index contributed by atoms with van der Waals surface area (Å²) in [4.78, 5) is 12.4. The fraction of sp³-hybridized carbons (Fsp3) is 0.133. The Morgan fingerprint density at radius 2 is 1.55 bits per heavy atom. The van der Waals surface area contributed by atoms with Crippen LogP contribution in [0.2, 0.25) is 20.1 Å². The van der Waals surface area contributed by atoms with Gasteiger partial charge in [0.25, 0.3) is 5.91 Å². The molecule has 0 radical (unpaired) electrons. The minimum atomic E-state index is -0.529. The predicted molar refractivity (Wildman–Crippen MR) is 91.5 cm³/mol. The average Bonchev–Trinajstić information content (AvgIpc) is 2.50. The van der Waals surface area contributed by atoms with Crippen molar-refractivity contribution in [1.29, 1.82) is 0 Å². The molecule has 0 aliphatic rings. The summed E-state index contributed by atoms with van der Waals surface area (Å²) in [6.45, 7) is 1.44. The molecule has 0 aliphatic heterocycles. The van der Waals surface area contributed by atoms with Crippen molar-refractivity contribution < 1.29 is 9.90 Å². The summed E-state index contributed by atoms with van der Waals surface area (Å²) in [6, 6.07) is 7.20. The van der Waals surface area contributed by atoms with Gasteiger partial charge in [0.2, 0.25) is 0 Å². The van der Waals surface area contributed by atoms with Crippen LogP contribution in [0.5, 0.6) is 0 Å². The van der Waals surface area contributed by atoms with Crippen LogP contribution in [-0.4, -0.2) is 11.0 Å². The van der Waals surface area contributed by atoms with E-state index in [9.17, 15) is 9.90 Å². The zero-order chi connectivity index (χ0) is 16.4. The molecular formula is C15H11Cl4NO2. The molecule has 0 bridgehead atoms. The first-order valence-electron chi connectivity index (χ1n) is 6.20. The summed E-state index contributed by atoms with van der Waals surface area (Å²) >= 11 is 24.0. The quantitative estimate of drug-likeness (QED) is 0.558. The van der Waals surface area contributed by atoms with Gasteiger partial charge in [0.05, 0.1) is 32.3 Å². The third kappa shape index (κ3) is 3.34. The summed E-state index contributed by atoms with van der Waals surface area (Å²) in [5.41, 5.74) is 1.78. The van der Waals surface area contributed by atoms with Gasteiger partial charge in [0, 0.05) is 11.3 Å². The van der Waals surface area contributed by atoms with E-state index in [0.717, 1.165) is 5.56 Å². The third-order valence-electron chi connectivity index (χ3n) is 3.06. The van der Waals surface area contributed by atoms with Crippen molar-refractivity contribution in [3.05, 3.63) is 61.0 Å². The molecule has 0 aliphatic carbocycles. The molecule has 0 saturated heterocycles. The lowest BCUT2D eigenvalue weighted by atomic mass is 10.1. The molecule has 2 N–H and O–H groups in total. The average molecular weight is 379 g/mol. The minimum Gasteiger partial charge on any atom is -0.392 e. The second kappa shape index (κ2) is 7.07. The van der Waals surface area contributed by atoms with Crippen LogP contribution in [0.1, 0.15) is 21.5 Å². The van der Waals surface area contributed by atoms with Gasteiger partial charge in [0.1, 0.15) is 0 Å². The first-order valence-corrected chi connectivity index (χ1v) is 7.71. The predicted octanol–water partition coefficient (Wildman–Crippen LogP) is 5.35. The maximum absolute atomic E-state index is 12.4. The molecule has 3 nitrogen and oxygen atoms in total. The van der Waals surface area contributed by atoms with Gasteiger partial charge in [-0.3, -0.25) is 4.79 Å². The zero-order valence-electron chi connectivity index (χ0n) is 11.4. The molecule has 116 valence electrons. The molecule has 2 aromatic rings.